The first kappa shape index (κ1) is 9.88. The number of fused-ring (bicyclic) bond motifs is 1. The van der Waals surface area contributed by atoms with Gasteiger partial charge in [0.25, 0.3) is 0 Å². The summed E-state index contributed by atoms with van der Waals surface area (Å²) in [4.78, 5) is 11.7. The highest BCUT2D eigenvalue weighted by Gasteiger charge is 2.53. The summed E-state index contributed by atoms with van der Waals surface area (Å²) in [6.07, 6.45) is 5.04. The lowest BCUT2D eigenvalue weighted by molar-refractivity contribution is -0.145. The fraction of sp³-hybridized carbons (Fsp3) is 0.500. The summed E-state index contributed by atoms with van der Waals surface area (Å²) < 4.78 is 0. The number of hydrogen-bond acceptors (Lipinski definition) is 1. The van der Waals surface area contributed by atoms with E-state index in [1.165, 1.54) is 5.56 Å². The van der Waals surface area contributed by atoms with Gasteiger partial charge in [0, 0.05) is 0 Å². The van der Waals surface area contributed by atoms with Gasteiger partial charge in [0.1, 0.15) is 0 Å². The van der Waals surface area contributed by atoms with Gasteiger partial charge in [-0.05, 0) is 49.1 Å². The smallest absolute Gasteiger partial charge is 0.314 e. The molecular weight excluding hydrogens is 200 g/mol. The van der Waals surface area contributed by atoms with Gasteiger partial charge in [0.15, 0.2) is 0 Å². The van der Waals surface area contributed by atoms with Crippen LogP contribution in [0.2, 0.25) is 0 Å². The third kappa shape index (κ3) is 1.22. The number of benzene rings is 1. The van der Waals surface area contributed by atoms with Gasteiger partial charge >= 0.3 is 5.97 Å². The SMILES string of the molecule is O=C(O)C1(C2CC2)CCCc2ccccc21. The molecule has 0 saturated heterocycles. The van der Waals surface area contributed by atoms with Crippen LogP contribution in [0.25, 0.3) is 0 Å². The molecule has 0 aliphatic heterocycles. The molecule has 84 valence electrons. The third-order valence-corrected chi connectivity index (χ3v) is 4.17. The van der Waals surface area contributed by atoms with E-state index < -0.39 is 11.4 Å². The highest BCUT2D eigenvalue weighted by atomic mass is 16.4. The van der Waals surface area contributed by atoms with Crippen molar-refractivity contribution in [3.63, 3.8) is 0 Å². The van der Waals surface area contributed by atoms with E-state index in [0.717, 1.165) is 37.7 Å². The van der Waals surface area contributed by atoms with Crippen molar-refractivity contribution < 1.29 is 9.90 Å². The molecule has 0 heterocycles. The number of carboxylic acids is 1. The number of carbonyl (C=O) groups is 1. The Bertz CT molecular complexity index is 434. The van der Waals surface area contributed by atoms with E-state index in [9.17, 15) is 9.90 Å². The van der Waals surface area contributed by atoms with Gasteiger partial charge in [0.2, 0.25) is 0 Å². The quantitative estimate of drug-likeness (QED) is 0.825. The fourth-order valence-electron chi connectivity index (χ4n) is 3.26. The molecule has 0 spiro atoms. The minimum absolute atomic E-state index is 0.381. The zero-order chi connectivity index (χ0) is 11.2. The first-order valence-electron chi connectivity index (χ1n) is 6.07. The lowest BCUT2D eigenvalue weighted by atomic mass is 9.67. The Hall–Kier alpha value is -1.31. The zero-order valence-corrected chi connectivity index (χ0v) is 9.28. The lowest BCUT2D eigenvalue weighted by Gasteiger charge is -2.35. The molecule has 0 bridgehead atoms. The van der Waals surface area contributed by atoms with Gasteiger partial charge in [0.05, 0.1) is 5.41 Å². The van der Waals surface area contributed by atoms with Gasteiger partial charge in [-0.25, -0.2) is 0 Å². The molecular formula is C14H16O2. The number of rotatable bonds is 2. The Labute approximate surface area is 95.3 Å². The van der Waals surface area contributed by atoms with Gasteiger partial charge in [-0.3, -0.25) is 4.79 Å². The molecule has 2 aliphatic carbocycles. The largest absolute Gasteiger partial charge is 0.481 e. The minimum atomic E-state index is -0.609. The van der Waals surface area contributed by atoms with E-state index in [1.54, 1.807) is 0 Å². The molecule has 0 amide bonds. The van der Waals surface area contributed by atoms with Crippen LogP contribution in [0.1, 0.15) is 36.8 Å². The normalized spacial score (nSPS) is 28.5. The van der Waals surface area contributed by atoms with Gasteiger partial charge in [-0.1, -0.05) is 24.3 Å². The average Bonchev–Trinajstić information content (AvgIpc) is 3.12. The summed E-state index contributed by atoms with van der Waals surface area (Å²) in [5, 5.41) is 9.65. The van der Waals surface area contributed by atoms with Crippen LogP contribution in [0.4, 0.5) is 0 Å². The van der Waals surface area contributed by atoms with Crippen LogP contribution in [0.3, 0.4) is 0 Å². The predicted molar refractivity (Wildman–Crippen MR) is 61.4 cm³/mol. The Kier molecular flexibility index (Phi) is 2.06. The van der Waals surface area contributed by atoms with Crippen LogP contribution >= 0.6 is 0 Å². The molecule has 16 heavy (non-hydrogen) atoms. The van der Waals surface area contributed by atoms with E-state index in [2.05, 4.69) is 6.07 Å². The monoisotopic (exact) mass is 216 g/mol. The fourth-order valence-corrected chi connectivity index (χ4v) is 3.26. The van der Waals surface area contributed by atoms with Crippen molar-refractivity contribution in [1.82, 2.24) is 0 Å². The first-order valence-corrected chi connectivity index (χ1v) is 6.07. The molecule has 1 atom stereocenters. The maximum absolute atomic E-state index is 11.7. The topological polar surface area (TPSA) is 37.3 Å². The Morgan fingerprint density at radius 3 is 2.75 bits per heavy atom. The standard InChI is InChI=1S/C14H16O2/c15-13(16)14(11-7-8-11)9-3-5-10-4-1-2-6-12(10)14/h1-2,4,6,11H,3,5,7-9H2,(H,15,16). The Morgan fingerprint density at radius 2 is 2.06 bits per heavy atom. The van der Waals surface area contributed by atoms with Crippen LogP contribution in [0.5, 0.6) is 0 Å². The molecule has 3 rings (SSSR count). The van der Waals surface area contributed by atoms with Crippen molar-refractivity contribution in [3.8, 4) is 0 Å². The van der Waals surface area contributed by atoms with Crippen LogP contribution in [-0.2, 0) is 16.6 Å². The van der Waals surface area contributed by atoms with Crippen LogP contribution in [-0.4, -0.2) is 11.1 Å². The van der Waals surface area contributed by atoms with Crippen LogP contribution in [0.15, 0.2) is 24.3 Å². The number of aryl methyl sites for hydroxylation is 1. The Balaban J connectivity index is 2.17. The summed E-state index contributed by atoms with van der Waals surface area (Å²) in [6, 6.07) is 8.11. The molecule has 1 aromatic carbocycles. The van der Waals surface area contributed by atoms with Crippen molar-refractivity contribution in [2.24, 2.45) is 5.92 Å². The minimum Gasteiger partial charge on any atom is -0.481 e. The number of carboxylic acid groups (broad SMARTS) is 1. The van der Waals surface area contributed by atoms with Crippen molar-refractivity contribution in [2.75, 3.05) is 0 Å². The molecule has 1 N–H and O–H groups in total. The second-order valence-corrected chi connectivity index (χ2v) is 5.06. The van der Waals surface area contributed by atoms with Crippen molar-refractivity contribution in [1.29, 1.82) is 0 Å². The van der Waals surface area contributed by atoms with Crippen LogP contribution < -0.4 is 0 Å². The van der Waals surface area contributed by atoms with E-state index in [1.807, 2.05) is 18.2 Å². The molecule has 2 heteroatoms. The highest BCUT2D eigenvalue weighted by Crippen LogP contribution is 2.53. The van der Waals surface area contributed by atoms with Crippen molar-refractivity contribution in [2.45, 2.75) is 37.5 Å². The first-order chi connectivity index (χ1) is 7.75. The lowest BCUT2D eigenvalue weighted by Crippen LogP contribution is -2.41. The zero-order valence-electron chi connectivity index (χ0n) is 9.28. The molecule has 0 radical (unpaired) electrons. The van der Waals surface area contributed by atoms with E-state index in [0.29, 0.717) is 5.92 Å². The van der Waals surface area contributed by atoms with Gasteiger partial charge < -0.3 is 5.11 Å². The van der Waals surface area contributed by atoms with Crippen molar-refractivity contribution in [3.05, 3.63) is 35.4 Å². The Morgan fingerprint density at radius 1 is 1.31 bits per heavy atom. The van der Waals surface area contributed by atoms with E-state index >= 15 is 0 Å². The summed E-state index contributed by atoms with van der Waals surface area (Å²) in [5.74, 6) is -0.228. The second kappa shape index (κ2) is 3.34. The molecule has 1 saturated carbocycles. The molecule has 1 fully saturated rings. The van der Waals surface area contributed by atoms with E-state index in [-0.39, 0.29) is 0 Å². The maximum atomic E-state index is 11.7. The maximum Gasteiger partial charge on any atom is 0.314 e. The summed E-state index contributed by atoms with van der Waals surface area (Å²) >= 11 is 0. The summed E-state index contributed by atoms with van der Waals surface area (Å²) in [5.41, 5.74) is 1.79. The van der Waals surface area contributed by atoms with Gasteiger partial charge in [-0.2, -0.15) is 0 Å². The molecule has 2 nitrogen and oxygen atoms in total. The number of hydrogen-bond donors (Lipinski definition) is 1. The number of aliphatic carboxylic acids is 1. The average molecular weight is 216 g/mol. The predicted octanol–water partition coefficient (Wildman–Crippen LogP) is 2.76. The van der Waals surface area contributed by atoms with Gasteiger partial charge in [-0.15, -0.1) is 0 Å². The molecule has 0 aromatic heterocycles. The van der Waals surface area contributed by atoms with E-state index in [4.69, 9.17) is 0 Å². The second-order valence-electron chi connectivity index (χ2n) is 5.06. The molecule has 2 aliphatic rings. The summed E-state index contributed by atoms with van der Waals surface area (Å²) in [6.45, 7) is 0. The third-order valence-electron chi connectivity index (χ3n) is 4.17. The van der Waals surface area contributed by atoms with Crippen LogP contribution in [0, 0.1) is 5.92 Å². The summed E-state index contributed by atoms with van der Waals surface area (Å²) in [7, 11) is 0. The van der Waals surface area contributed by atoms with Crippen molar-refractivity contribution >= 4 is 5.97 Å². The highest BCUT2D eigenvalue weighted by molar-refractivity contribution is 5.83. The molecule has 1 unspecified atom stereocenters. The molecule has 1 aromatic rings.